The van der Waals surface area contributed by atoms with Gasteiger partial charge in [-0.1, -0.05) is 19.9 Å². The number of nitrogen functional groups attached to an aromatic ring is 1. The van der Waals surface area contributed by atoms with Crippen LogP contribution < -0.4 is 5.73 Å². The maximum Gasteiger partial charge on any atom is 0.0317 e. The molecule has 0 saturated carbocycles. The van der Waals surface area contributed by atoms with E-state index in [1.807, 2.05) is 6.07 Å². The van der Waals surface area contributed by atoms with E-state index in [1.165, 1.54) is 11.1 Å². The van der Waals surface area contributed by atoms with Crippen molar-refractivity contribution in [2.24, 2.45) is 0 Å². The molecule has 84 valence electrons. The Balaban J connectivity index is 0.00000112. The maximum absolute atomic E-state index is 5.80. The molecule has 3 heteroatoms. The molecular formula is C12H19ClN2. The first-order chi connectivity index (χ1) is 6.49. The van der Waals surface area contributed by atoms with Crippen molar-refractivity contribution in [2.45, 2.75) is 25.8 Å². The predicted molar refractivity (Wildman–Crippen MR) is 67.5 cm³/mol. The highest BCUT2D eigenvalue weighted by Gasteiger charge is 2.29. The second kappa shape index (κ2) is 4.03. The Kier molecular flexibility index (Phi) is 3.31. The normalized spacial score (nSPS) is 19.1. The molecule has 0 saturated heterocycles. The topological polar surface area (TPSA) is 29.3 Å². The fourth-order valence-electron chi connectivity index (χ4n) is 2.51. The van der Waals surface area contributed by atoms with Crippen LogP contribution >= 0.6 is 12.4 Å². The van der Waals surface area contributed by atoms with Gasteiger partial charge in [-0.25, -0.2) is 0 Å². The number of anilines is 1. The van der Waals surface area contributed by atoms with Crippen LogP contribution in [0, 0.1) is 0 Å². The predicted octanol–water partition coefficient (Wildman–Crippen LogP) is 2.41. The molecule has 0 unspecified atom stereocenters. The molecule has 0 aliphatic carbocycles. The third-order valence-corrected chi connectivity index (χ3v) is 2.96. The number of hydrogen-bond donors (Lipinski definition) is 1. The van der Waals surface area contributed by atoms with E-state index in [1.54, 1.807) is 0 Å². The van der Waals surface area contributed by atoms with Gasteiger partial charge in [0.15, 0.2) is 0 Å². The highest BCUT2D eigenvalue weighted by atomic mass is 35.5. The number of nitrogens with zero attached hydrogens (tertiary/aromatic N) is 1. The first-order valence-electron chi connectivity index (χ1n) is 5.06. The van der Waals surface area contributed by atoms with Crippen LogP contribution in [0.5, 0.6) is 0 Å². The van der Waals surface area contributed by atoms with Gasteiger partial charge in [-0.3, -0.25) is 0 Å². The van der Waals surface area contributed by atoms with Crippen molar-refractivity contribution in [2.75, 3.05) is 19.3 Å². The summed E-state index contributed by atoms with van der Waals surface area (Å²) in [6.45, 7) is 6.71. The summed E-state index contributed by atoms with van der Waals surface area (Å²) < 4.78 is 0. The van der Waals surface area contributed by atoms with Crippen LogP contribution in [0.1, 0.15) is 25.0 Å². The molecule has 2 nitrogen and oxygen atoms in total. The highest BCUT2D eigenvalue weighted by molar-refractivity contribution is 5.85. The molecule has 1 aliphatic rings. The Morgan fingerprint density at radius 1 is 1.33 bits per heavy atom. The minimum absolute atomic E-state index is 0. The third-order valence-electron chi connectivity index (χ3n) is 2.96. The number of halogens is 1. The fourth-order valence-corrected chi connectivity index (χ4v) is 2.51. The minimum atomic E-state index is 0. The molecule has 0 spiro atoms. The fraction of sp³-hybridized carbons (Fsp3) is 0.500. The molecule has 1 heterocycles. The standard InChI is InChI=1S/C12H18N2.ClH/c1-12(2)8-14(3)7-9-6-10(13)4-5-11(9)12;/h4-6H,7-8,13H2,1-3H3;1H. The SMILES string of the molecule is CN1Cc2cc(N)ccc2C(C)(C)C1.Cl. The largest absolute Gasteiger partial charge is 0.399 e. The van der Waals surface area contributed by atoms with Gasteiger partial charge in [0, 0.05) is 24.2 Å². The highest BCUT2D eigenvalue weighted by Crippen LogP contribution is 2.33. The summed E-state index contributed by atoms with van der Waals surface area (Å²) in [5.74, 6) is 0. The van der Waals surface area contributed by atoms with E-state index in [-0.39, 0.29) is 17.8 Å². The van der Waals surface area contributed by atoms with Gasteiger partial charge in [-0.2, -0.15) is 0 Å². The van der Waals surface area contributed by atoms with E-state index < -0.39 is 0 Å². The summed E-state index contributed by atoms with van der Waals surface area (Å²) >= 11 is 0. The third kappa shape index (κ3) is 2.27. The average molecular weight is 227 g/mol. The first kappa shape index (κ1) is 12.3. The number of hydrogen-bond acceptors (Lipinski definition) is 2. The van der Waals surface area contributed by atoms with Crippen LogP contribution in [0.3, 0.4) is 0 Å². The van der Waals surface area contributed by atoms with E-state index in [4.69, 9.17) is 5.73 Å². The Labute approximate surface area is 97.9 Å². The average Bonchev–Trinajstić information content (AvgIpc) is 2.00. The van der Waals surface area contributed by atoms with Crippen LogP contribution in [-0.4, -0.2) is 18.5 Å². The Morgan fingerprint density at radius 2 is 2.00 bits per heavy atom. The summed E-state index contributed by atoms with van der Waals surface area (Å²) in [4.78, 5) is 2.35. The van der Waals surface area contributed by atoms with Crippen molar-refractivity contribution >= 4 is 18.1 Å². The zero-order valence-electron chi connectivity index (χ0n) is 9.58. The molecule has 2 rings (SSSR count). The maximum atomic E-state index is 5.80. The van der Waals surface area contributed by atoms with E-state index >= 15 is 0 Å². The van der Waals surface area contributed by atoms with E-state index in [0.717, 1.165) is 18.8 Å². The Hall–Kier alpha value is -0.730. The monoisotopic (exact) mass is 226 g/mol. The first-order valence-corrected chi connectivity index (χ1v) is 5.06. The molecule has 0 atom stereocenters. The molecule has 0 radical (unpaired) electrons. The van der Waals surface area contributed by atoms with Crippen molar-refractivity contribution < 1.29 is 0 Å². The second-order valence-electron chi connectivity index (χ2n) is 4.97. The van der Waals surface area contributed by atoms with Gasteiger partial charge in [-0.15, -0.1) is 12.4 Å². The lowest BCUT2D eigenvalue weighted by molar-refractivity contribution is 0.236. The number of likely N-dealkylation sites (N-methyl/N-ethyl adjacent to an activating group) is 1. The lowest BCUT2D eigenvalue weighted by Gasteiger charge is -2.38. The van der Waals surface area contributed by atoms with Crippen LogP contribution in [-0.2, 0) is 12.0 Å². The molecular weight excluding hydrogens is 208 g/mol. The molecule has 15 heavy (non-hydrogen) atoms. The lowest BCUT2D eigenvalue weighted by atomic mass is 9.78. The molecule has 1 aliphatic heterocycles. The van der Waals surface area contributed by atoms with E-state index in [0.29, 0.717) is 0 Å². The Bertz CT molecular complexity index is 361. The van der Waals surface area contributed by atoms with E-state index in [2.05, 4.69) is 37.9 Å². The van der Waals surface area contributed by atoms with Crippen molar-refractivity contribution in [1.29, 1.82) is 0 Å². The molecule has 0 amide bonds. The van der Waals surface area contributed by atoms with Crippen LogP contribution in [0.2, 0.25) is 0 Å². The van der Waals surface area contributed by atoms with Gasteiger partial charge in [0.05, 0.1) is 0 Å². The van der Waals surface area contributed by atoms with Crippen LogP contribution in [0.15, 0.2) is 18.2 Å². The van der Waals surface area contributed by atoms with Gasteiger partial charge in [0.25, 0.3) is 0 Å². The smallest absolute Gasteiger partial charge is 0.0317 e. The Morgan fingerprint density at radius 3 is 2.67 bits per heavy atom. The number of rotatable bonds is 0. The number of fused-ring (bicyclic) bond motifs is 1. The van der Waals surface area contributed by atoms with Crippen molar-refractivity contribution in [1.82, 2.24) is 4.90 Å². The van der Waals surface area contributed by atoms with Crippen LogP contribution in [0.4, 0.5) is 5.69 Å². The summed E-state index contributed by atoms with van der Waals surface area (Å²) in [6, 6.07) is 6.29. The molecule has 2 N–H and O–H groups in total. The zero-order valence-corrected chi connectivity index (χ0v) is 10.4. The van der Waals surface area contributed by atoms with Gasteiger partial charge in [-0.05, 0) is 30.3 Å². The van der Waals surface area contributed by atoms with Crippen molar-refractivity contribution in [3.63, 3.8) is 0 Å². The lowest BCUT2D eigenvalue weighted by Crippen LogP contribution is -2.39. The van der Waals surface area contributed by atoms with Gasteiger partial charge < -0.3 is 10.6 Å². The number of benzene rings is 1. The summed E-state index contributed by atoms with van der Waals surface area (Å²) in [5.41, 5.74) is 9.74. The van der Waals surface area contributed by atoms with Gasteiger partial charge in [0.1, 0.15) is 0 Å². The zero-order chi connectivity index (χ0) is 10.3. The quantitative estimate of drug-likeness (QED) is 0.689. The van der Waals surface area contributed by atoms with Crippen molar-refractivity contribution in [3.05, 3.63) is 29.3 Å². The minimum Gasteiger partial charge on any atom is -0.399 e. The van der Waals surface area contributed by atoms with Crippen LogP contribution in [0.25, 0.3) is 0 Å². The summed E-state index contributed by atoms with van der Waals surface area (Å²) in [6.07, 6.45) is 0. The molecule has 1 aromatic carbocycles. The molecule has 0 fully saturated rings. The molecule has 0 bridgehead atoms. The summed E-state index contributed by atoms with van der Waals surface area (Å²) in [5, 5.41) is 0. The number of nitrogens with two attached hydrogens (primary N) is 1. The summed E-state index contributed by atoms with van der Waals surface area (Å²) in [7, 11) is 2.16. The molecule has 1 aromatic rings. The van der Waals surface area contributed by atoms with Crippen molar-refractivity contribution in [3.8, 4) is 0 Å². The second-order valence-corrected chi connectivity index (χ2v) is 4.97. The van der Waals surface area contributed by atoms with E-state index in [9.17, 15) is 0 Å². The van der Waals surface area contributed by atoms with Gasteiger partial charge >= 0.3 is 0 Å². The van der Waals surface area contributed by atoms with Gasteiger partial charge in [0.2, 0.25) is 0 Å². The molecule has 0 aromatic heterocycles.